The minimum absolute atomic E-state index is 0.147. The largest absolute Gasteiger partial charge is 0.534 e. The number of hydrogen-bond acceptors (Lipinski definition) is 6. The minimum atomic E-state index is -6.00. The molecule has 0 atom stereocenters. The van der Waals surface area contributed by atoms with Gasteiger partial charge in [0.15, 0.2) is 5.75 Å². The SMILES string of the molecule is CC1(C)OC(=O)c2c(cc(C#C[Si](C)(C)C)cc2OS(=O)(=O)C(F)(F)F)O1. The molecule has 0 radical (unpaired) electrons. The van der Waals surface area contributed by atoms with Crippen LogP contribution in [-0.2, 0) is 14.9 Å². The number of carbonyl (C=O) groups excluding carboxylic acids is 1. The van der Waals surface area contributed by atoms with Gasteiger partial charge in [0.1, 0.15) is 19.4 Å². The van der Waals surface area contributed by atoms with E-state index >= 15 is 0 Å². The van der Waals surface area contributed by atoms with Crippen LogP contribution in [0.15, 0.2) is 12.1 Å². The smallest absolute Gasteiger partial charge is 0.452 e. The van der Waals surface area contributed by atoms with Crippen LogP contribution in [-0.4, -0.2) is 33.8 Å². The van der Waals surface area contributed by atoms with Crippen LogP contribution < -0.4 is 8.92 Å². The number of rotatable bonds is 2. The Balaban J connectivity index is 2.67. The van der Waals surface area contributed by atoms with Crippen molar-refractivity contribution in [3.63, 3.8) is 0 Å². The Kier molecular flexibility index (Phi) is 5.05. The van der Waals surface area contributed by atoms with Gasteiger partial charge in [-0.3, -0.25) is 0 Å². The van der Waals surface area contributed by atoms with E-state index in [2.05, 4.69) is 15.6 Å². The number of benzene rings is 1. The molecule has 11 heteroatoms. The van der Waals surface area contributed by atoms with Gasteiger partial charge in [-0.05, 0) is 12.1 Å². The molecule has 0 saturated carbocycles. The van der Waals surface area contributed by atoms with Crippen molar-refractivity contribution >= 4 is 24.2 Å². The lowest BCUT2D eigenvalue weighted by atomic mass is 10.1. The molecule has 1 aromatic rings. The highest BCUT2D eigenvalue weighted by molar-refractivity contribution is 7.88. The fourth-order valence-corrected chi connectivity index (χ4v) is 2.98. The Morgan fingerprint density at radius 3 is 2.26 bits per heavy atom. The zero-order chi connectivity index (χ0) is 20.8. The predicted molar refractivity (Wildman–Crippen MR) is 92.4 cm³/mol. The standard InChI is InChI=1S/C16H17F3O6SSi/c1-15(2)23-11-8-10(6-7-27(3,4)5)9-12(13(11)14(20)24-15)25-26(21,22)16(17,18)19/h8-9H,1-5H3. The monoisotopic (exact) mass is 422 g/mol. The average molecular weight is 422 g/mol. The fraction of sp³-hybridized carbons (Fsp3) is 0.438. The van der Waals surface area contributed by atoms with E-state index in [0.717, 1.165) is 6.07 Å². The van der Waals surface area contributed by atoms with Gasteiger partial charge in [0.25, 0.3) is 0 Å². The summed E-state index contributed by atoms with van der Waals surface area (Å²) >= 11 is 0. The number of cyclic esters (lactones) is 1. The Morgan fingerprint density at radius 1 is 1.15 bits per heavy atom. The first-order valence-corrected chi connectivity index (χ1v) is 12.6. The summed E-state index contributed by atoms with van der Waals surface area (Å²) in [5, 5.41) is 0. The number of fused-ring (bicyclic) bond motifs is 1. The summed E-state index contributed by atoms with van der Waals surface area (Å²) in [5.41, 5.74) is -3.09. The molecule has 0 amide bonds. The second kappa shape index (κ2) is 6.45. The summed E-state index contributed by atoms with van der Waals surface area (Å²) in [6.07, 6.45) is 0. The molecule has 0 aromatic heterocycles. The maximum Gasteiger partial charge on any atom is 0.534 e. The number of carbonyl (C=O) groups is 1. The number of hydrogen-bond donors (Lipinski definition) is 0. The molecule has 1 aromatic carbocycles. The van der Waals surface area contributed by atoms with Crippen molar-refractivity contribution in [1.29, 1.82) is 0 Å². The molecule has 2 rings (SSSR count). The van der Waals surface area contributed by atoms with E-state index in [9.17, 15) is 26.4 Å². The van der Waals surface area contributed by atoms with Gasteiger partial charge in [-0.1, -0.05) is 25.6 Å². The van der Waals surface area contributed by atoms with E-state index in [0.29, 0.717) is 0 Å². The third kappa shape index (κ3) is 4.95. The van der Waals surface area contributed by atoms with Crippen molar-refractivity contribution in [2.24, 2.45) is 0 Å². The van der Waals surface area contributed by atoms with E-state index in [4.69, 9.17) is 9.47 Å². The van der Waals surface area contributed by atoms with Crippen molar-refractivity contribution in [3.8, 4) is 23.0 Å². The predicted octanol–water partition coefficient (Wildman–Crippen LogP) is 3.43. The maximum absolute atomic E-state index is 12.7. The molecule has 1 aliphatic rings. The lowest BCUT2D eigenvalue weighted by Crippen LogP contribution is -2.39. The van der Waals surface area contributed by atoms with Crippen LogP contribution in [0.25, 0.3) is 0 Å². The quantitative estimate of drug-likeness (QED) is 0.239. The molecule has 0 N–H and O–H groups in total. The molecule has 148 valence electrons. The summed E-state index contributed by atoms with van der Waals surface area (Å²) in [5.74, 6) is -0.731. The second-order valence-corrected chi connectivity index (χ2v) is 13.5. The summed E-state index contributed by atoms with van der Waals surface area (Å²) in [6.45, 7) is 8.67. The van der Waals surface area contributed by atoms with Gasteiger partial charge in [-0.15, -0.1) is 5.54 Å². The third-order valence-electron chi connectivity index (χ3n) is 3.03. The summed E-state index contributed by atoms with van der Waals surface area (Å²) < 4.78 is 75.5. The van der Waals surface area contributed by atoms with Crippen molar-refractivity contribution in [2.45, 2.75) is 44.8 Å². The average Bonchev–Trinajstić information content (AvgIpc) is 2.40. The molecule has 0 bridgehead atoms. The highest BCUT2D eigenvalue weighted by Gasteiger charge is 2.49. The van der Waals surface area contributed by atoms with Crippen molar-refractivity contribution in [3.05, 3.63) is 23.3 Å². The van der Waals surface area contributed by atoms with Crippen LogP contribution in [0.3, 0.4) is 0 Å². The van der Waals surface area contributed by atoms with Crippen molar-refractivity contribution in [2.75, 3.05) is 0 Å². The van der Waals surface area contributed by atoms with Crippen molar-refractivity contribution in [1.82, 2.24) is 0 Å². The van der Waals surface area contributed by atoms with Gasteiger partial charge in [0.05, 0.1) is 0 Å². The zero-order valence-electron chi connectivity index (χ0n) is 15.1. The number of ether oxygens (including phenoxy) is 2. The molecule has 1 aliphatic heterocycles. The van der Waals surface area contributed by atoms with Crippen LogP contribution in [0.5, 0.6) is 11.5 Å². The van der Waals surface area contributed by atoms with E-state index in [1.54, 1.807) is 0 Å². The normalized spacial score (nSPS) is 16.4. The second-order valence-electron chi connectivity index (χ2n) is 7.22. The Labute approximate surface area is 155 Å². The first kappa shape index (κ1) is 21.1. The number of halogens is 3. The van der Waals surface area contributed by atoms with Crippen LogP contribution in [0.4, 0.5) is 13.2 Å². The number of esters is 1. The van der Waals surface area contributed by atoms with Gasteiger partial charge in [-0.25, -0.2) is 4.79 Å². The van der Waals surface area contributed by atoms with E-state index in [-0.39, 0.29) is 11.3 Å². The number of alkyl halides is 3. The van der Waals surface area contributed by atoms with E-state index in [1.807, 2.05) is 19.6 Å². The first-order valence-electron chi connectivity index (χ1n) is 7.65. The van der Waals surface area contributed by atoms with Gasteiger partial charge >= 0.3 is 21.6 Å². The minimum Gasteiger partial charge on any atom is -0.452 e. The van der Waals surface area contributed by atoms with Crippen LogP contribution in [0.1, 0.15) is 29.8 Å². The topological polar surface area (TPSA) is 78.9 Å². The summed E-state index contributed by atoms with van der Waals surface area (Å²) in [6, 6.07) is 2.27. The lowest BCUT2D eigenvalue weighted by molar-refractivity contribution is -0.127. The Morgan fingerprint density at radius 2 is 1.74 bits per heavy atom. The summed E-state index contributed by atoms with van der Waals surface area (Å²) in [4.78, 5) is 12.2. The Bertz CT molecular complexity index is 949. The molecule has 0 aliphatic carbocycles. The third-order valence-corrected chi connectivity index (χ3v) is 4.87. The first-order chi connectivity index (χ1) is 12.0. The molecule has 0 spiro atoms. The molecule has 0 saturated heterocycles. The summed E-state index contributed by atoms with van der Waals surface area (Å²) in [7, 11) is -7.84. The van der Waals surface area contributed by atoms with Crippen LogP contribution >= 0.6 is 0 Å². The fourth-order valence-electron chi connectivity index (χ4n) is 1.99. The highest BCUT2D eigenvalue weighted by Crippen LogP contribution is 2.40. The molecular weight excluding hydrogens is 405 g/mol. The van der Waals surface area contributed by atoms with E-state index in [1.165, 1.54) is 19.9 Å². The molecule has 6 nitrogen and oxygen atoms in total. The Hall–Kier alpha value is -2.19. The van der Waals surface area contributed by atoms with Crippen LogP contribution in [0, 0.1) is 11.5 Å². The molecule has 1 heterocycles. The maximum atomic E-state index is 12.7. The zero-order valence-corrected chi connectivity index (χ0v) is 17.0. The highest BCUT2D eigenvalue weighted by atomic mass is 32.2. The van der Waals surface area contributed by atoms with Gasteiger partial charge in [0.2, 0.25) is 5.79 Å². The van der Waals surface area contributed by atoms with Gasteiger partial charge in [0, 0.05) is 19.4 Å². The lowest BCUT2D eigenvalue weighted by Gasteiger charge is -2.32. The van der Waals surface area contributed by atoms with Gasteiger partial charge in [-0.2, -0.15) is 21.6 Å². The van der Waals surface area contributed by atoms with E-state index < -0.39 is 46.8 Å². The van der Waals surface area contributed by atoms with Crippen molar-refractivity contribution < 1.29 is 40.0 Å². The molecular formula is C16H17F3O6SSi. The molecule has 0 unspecified atom stereocenters. The molecule has 0 fully saturated rings. The molecule has 27 heavy (non-hydrogen) atoms. The van der Waals surface area contributed by atoms with Gasteiger partial charge < -0.3 is 13.7 Å². The van der Waals surface area contributed by atoms with Crippen LogP contribution in [0.2, 0.25) is 19.6 Å².